The van der Waals surface area contributed by atoms with Crippen molar-refractivity contribution >= 4 is 35.6 Å². The molecule has 0 radical (unpaired) electrons. The molecule has 1 saturated heterocycles. The molecule has 2 unspecified atom stereocenters. The van der Waals surface area contributed by atoms with Gasteiger partial charge in [0.15, 0.2) is 11.6 Å². The van der Waals surface area contributed by atoms with Crippen LogP contribution in [0.1, 0.15) is 37.1 Å². The molecule has 0 spiro atoms. The molecule has 0 saturated carbocycles. The van der Waals surface area contributed by atoms with Gasteiger partial charge in [0, 0.05) is 39.3 Å². The molecule has 3 heterocycles. The number of piperidine rings is 1. The Kier molecular flexibility index (Phi) is 8.07. The number of hydrogen-bond donors (Lipinski definition) is 1. The molecule has 0 aliphatic carbocycles. The number of nitrogens with zero attached hydrogens (tertiary/aromatic N) is 5. The third-order valence-corrected chi connectivity index (χ3v) is 6.01. The zero-order chi connectivity index (χ0) is 20.1. The van der Waals surface area contributed by atoms with E-state index in [4.69, 9.17) is 0 Å². The highest BCUT2D eigenvalue weighted by molar-refractivity contribution is 14.0. The van der Waals surface area contributed by atoms with Crippen molar-refractivity contribution in [3.05, 3.63) is 66.1 Å². The highest BCUT2D eigenvalue weighted by atomic mass is 127. The molecule has 1 aliphatic rings. The molecule has 0 bridgehead atoms. The fraction of sp³-hybridized carbons (Fsp3) is 0.435. The van der Waals surface area contributed by atoms with Crippen LogP contribution in [0.15, 0.2) is 59.7 Å². The molecule has 2 aromatic heterocycles. The minimum Gasteiger partial charge on any atom is -0.356 e. The van der Waals surface area contributed by atoms with Gasteiger partial charge < -0.3 is 10.2 Å². The highest BCUT2D eigenvalue weighted by Gasteiger charge is 2.30. The Morgan fingerprint density at radius 3 is 2.70 bits per heavy atom. The molecular weight excluding hydrogens is 487 g/mol. The lowest BCUT2D eigenvalue weighted by molar-refractivity contribution is 0.216. The molecule has 6 nitrogen and oxygen atoms in total. The van der Waals surface area contributed by atoms with E-state index in [1.54, 1.807) is 0 Å². The van der Waals surface area contributed by atoms with Gasteiger partial charge in [-0.3, -0.25) is 9.39 Å². The van der Waals surface area contributed by atoms with Crippen LogP contribution < -0.4 is 5.32 Å². The lowest BCUT2D eigenvalue weighted by Crippen LogP contribution is -2.48. The smallest absolute Gasteiger partial charge is 0.193 e. The molecule has 0 amide bonds. The largest absolute Gasteiger partial charge is 0.356 e. The number of likely N-dealkylation sites (tertiary alicyclic amines) is 1. The summed E-state index contributed by atoms with van der Waals surface area (Å²) in [5.74, 6) is 3.24. The monoisotopic (exact) mass is 518 g/mol. The molecule has 30 heavy (non-hydrogen) atoms. The summed E-state index contributed by atoms with van der Waals surface area (Å²) in [6, 6.07) is 16.9. The summed E-state index contributed by atoms with van der Waals surface area (Å²) in [5.41, 5.74) is 2.36. The summed E-state index contributed by atoms with van der Waals surface area (Å²) in [5, 5.41) is 12.1. The number of guanidine groups is 1. The van der Waals surface area contributed by atoms with Crippen LogP contribution in [0.3, 0.4) is 0 Å². The summed E-state index contributed by atoms with van der Waals surface area (Å²) in [4.78, 5) is 6.96. The number of aliphatic imine (C=N–C) groups is 1. The molecule has 1 N–H and O–H groups in total. The van der Waals surface area contributed by atoms with Gasteiger partial charge in [0.25, 0.3) is 0 Å². The maximum atomic E-state index is 4.55. The second-order valence-corrected chi connectivity index (χ2v) is 7.69. The normalized spacial score (nSPS) is 19.5. The number of pyridine rings is 1. The third-order valence-electron chi connectivity index (χ3n) is 6.01. The maximum absolute atomic E-state index is 4.55. The van der Waals surface area contributed by atoms with Crippen LogP contribution in [-0.4, -0.2) is 52.1 Å². The van der Waals surface area contributed by atoms with E-state index >= 15 is 0 Å². The number of hydrogen-bond acceptors (Lipinski definition) is 3. The minimum absolute atomic E-state index is 0. The van der Waals surface area contributed by atoms with Crippen molar-refractivity contribution in [2.24, 2.45) is 10.9 Å². The average Bonchev–Trinajstić information content (AvgIpc) is 3.20. The van der Waals surface area contributed by atoms with Crippen molar-refractivity contribution in [2.75, 3.05) is 26.7 Å². The first-order chi connectivity index (χ1) is 14.3. The molecule has 1 fully saturated rings. The van der Waals surface area contributed by atoms with Gasteiger partial charge in [-0.1, -0.05) is 49.7 Å². The van der Waals surface area contributed by atoms with Crippen molar-refractivity contribution in [2.45, 2.75) is 32.1 Å². The molecule has 3 aromatic rings. The van der Waals surface area contributed by atoms with E-state index in [0.29, 0.717) is 11.8 Å². The minimum atomic E-state index is 0. The molecular formula is C23H31IN6. The van der Waals surface area contributed by atoms with Gasteiger partial charge >= 0.3 is 0 Å². The Balaban J connectivity index is 0.00000256. The summed E-state index contributed by atoms with van der Waals surface area (Å²) >= 11 is 0. The van der Waals surface area contributed by atoms with Gasteiger partial charge in [-0.25, -0.2) is 0 Å². The topological polar surface area (TPSA) is 57.8 Å². The molecule has 4 rings (SSSR count). The van der Waals surface area contributed by atoms with Crippen LogP contribution in [0.4, 0.5) is 0 Å². The molecule has 2 atom stereocenters. The third kappa shape index (κ3) is 4.94. The van der Waals surface area contributed by atoms with Crippen LogP contribution in [0, 0.1) is 5.92 Å². The van der Waals surface area contributed by atoms with Crippen LogP contribution in [-0.2, 0) is 6.42 Å². The number of rotatable bonds is 5. The lowest BCUT2D eigenvalue weighted by Gasteiger charge is -2.40. The van der Waals surface area contributed by atoms with Crippen LogP contribution in [0.5, 0.6) is 0 Å². The Bertz CT molecular complexity index is 954. The van der Waals surface area contributed by atoms with Gasteiger partial charge in [0.1, 0.15) is 5.82 Å². The molecule has 7 heteroatoms. The highest BCUT2D eigenvalue weighted by Crippen LogP contribution is 2.34. The summed E-state index contributed by atoms with van der Waals surface area (Å²) in [7, 11) is 1.87. The van der Waals surface area contributed by atoms with Crippen molar-refractivity contribution in [1.29, 1.82) is 0 Å². The zero-order valence-corrected chi connectivity index (χ0v) is 20.1. The first kappa shape index (κ1) is 22.5. The number of halogens is 1. The van der Waals surface area contributed by atoms with Crippen LogP contribution >= 0.6 is 24.0 Å². The zero-order valence-electron chi connectivity index (χ0n) is 17.7. The van der Waals surface area contributed by atoms with E-state index in [-0.39, 0.29) is 24.0 Å². The molecule has 1 aromatic carbocycles. The van der Waals surface area contributed by atoms with E-state index in [9.17, 15) is 0 Å². The van der Waals surface area contributed by atoms with Gasteiger partial charge in [-0.2, -0.15) is 0 Å². The van der Waals surface area contributed by atoms with E-state index in [1.165, 1.54) is 12.0 Å². The predicted molar refractivity (Wildman–Crippen MR) is 133 cm³/mol. The predicted octanol–water partition coefficient (Wildman–Crippen LogP) is 3.98. The van der Waals surface area contributed by atoms with E-state index in [2.05, 4.69) is 62.7 Å². The maximum Gasteiger partial charge on any atom is 0.193 e. The second kappa shape index (κ2) is 10.7. The first-order valence-corrected chi connectivity index (χ1v) is 10.6. The Labute approximate surface area is 195 Å². The Morgan fingerprint density at radius 1 is 1.13 bits per heavy atom. The number of nitrogens with one attached hydrogen (secondary N) is 1. The average molecular weight is 518 g/mol. The number of fused-ring (bicyclic) bond motifs is 1. The molecule has 160 valence electrons. The summed E-state index contributed by atoms with van der Waals surface area (Å²) < 4.78 is 2.04. The summed E-state index contributed by atoms with van der Waals surface area (Å²) in [6.07, 6.45) is 5.17. The van der Waals surface area contributed by atoms with E-state index in [0.717, 1.165) is 49.9 Å². The number of benzene rings is 1. The first-order valence-electron chi connectivity index (χ1n) is 10.6. The summed E-state index contributed by atoms with van der Waals surface area (Å²) in [6.45, 7) is 5.17. The van der Waals surface area contributed by atoms with Gasteiger partial charge in [0.05, 0.1) is 0 Å². The van der Waals surface area contributed by atoms with E-state index < -0.39 is 0 Å². The van der Waals surface area contributed by atoms with Crippen molar-refractivity contribution in [3.8, 4) is 0 Å². The van der Waals surface area contributed by atoms with Crippen LogP contribution in [0.25, 0.3) is 5.65 Å². The van der Waals surface area contributed by atoms with Crippen molar-refractivity contribution in [1.82, 2.24) is 24.8 Å². The number of aromatic nitrogens is 3. The van der Waals surface area contributed by atoms with Crippen molar-refractivity contribution in [3.63, 3.8) is 0 Å². The lowest BCUT2D eigenvalue weighted by atomic mass is 9.79. The van der Waals surface area contributed by atoms with E-state index in [1.807, 2.05) is 35.8 Å². The van der Waals surface area contributed by atoms with Crippen molar-refractivity contribution < 1.29 is 0 Å². The molecule has 1 aliphatic heterocycles. The Morgan fingerprint density at radius 2 is 1.93 bits per heavy atom. The fourth-order valence-electron chi connectivity index (χ4n) is 4.46. The Hall–Kier alpha value is -2.16. The second-order valence-electron chi connectivity index (χ2n) is 7.69. The van der Waals surface area contributed by atoms with Crippen LogP contribution in [0.2, 0.25) is 0 Å². The fourth-order valence-corrected chi connectivity index (χ4v) is 4.46. The standard InChI is InChI=1S/C23H30N6.HI/c1-3-18-17-28(16-13-20(18)19-9-5-4-6-10-19)23(24-2)25-14-12-22-27-26-21-11-7-8-15-29(21)22;/h4-11,15,18,20H,3,12-14,16-17H2,1-2H3,(H,24,25);1H. The van der Waals surface area contributed by atoms with Gasteiger partial charge in [-0.15, -0.1) is 34.2 Å². The quantitative estimate of drug-likeness (QED) is 0.316. The SMILES string of the molecule is CCC1CN(C(=NC)NCCc2nnc3ccccn23)CCC1c1ccccc1.I. The van der Waals surface area contributed by atoms with Gasteiger partial charge in [-0.05, 0) is 36.0 Å². The van der Waals surface area contributed by atoms with Gasteiger partial charge in [0.2, 0.25) is 0 Å².